The van der Waals surface area contributed by atoms with Crippen molar-refractivity contribution in [3.05, 3.63) is 0 Å². The van der Waals surface area contributed by atoms with Crippen LogP contribution in [0.1, 0.15) is 77.6 Å². The van der Waals surface area contributed by atoms with E-state index in [2.05, 4.69) is 12.0 Å². The topological polar surface area (TPSA) is 78.9 Å². The largest absolute Gasteiger partial charge is 0.438 e. The highest BCUT2D eigenvalue weighted by atomic mass is 19.4. The van der Waals surface area contributed by atoms with Crippen molar-refractivity contribution in [1.82, 2.24) is 5.01 Å². The Bertz CT molecular complexity index is 441. The highest BCUT2D eigenvalue weighted by Gasteiger charge is 2.62. The molecule has 3 N–H and O–H groups in total. The predicted molar refractivity (Wildman–Crippen MR) is 86.3 cm³/mol. The summed E-state index contributed by atoms with van der Waals surface area (Å²) in [5, 5.41) is 13.3. The summed E-state index contributed by atoms with van der Waals surface area (Å²) in [6.07, 6.45) is 4.50. The lowest BCUT2D eigenvalue weighted by Gasteiger charge is -2.31. The van der Waals surface area contributed by atoms with Crippen LogP contribution in [0.25, 0.3) is 0 Å². The van der Waals surface area contributed by atoms with E-state index in [1.54, 1.807) is 0 Å². The Hall–Kier alpha value is -1.31. The number of unbranched alkanes of at least 4 members (excludes halogenated alkanes) is 8. The number of carbonyl (C=O) groups excluding carboxylic acids is 1. The van der Waals surface area contributed by atoms with Gasteiger partial charge in [-0.2, -0.15) is 23.3 Å². The highest BCUT2D eigenvalue weighted by Crippen LogP contribution is 2.40. The van der Waals surface area contributed by atoms with Crippen molar-refractivity contribution in [2.24, 2.45) is 10.8 Å². The van der Waals surface area contributed by atoms with E-state index in [1.165, 1.54) is 32.1 Å². The molecule has 1 aliphatic rings. The zero-order valence-electron chi connectivity index (χ0n) is 14.2. The first-order chi connectivity index (χ1) is 11.2. The molecule has 1 rings (SSSR count). The van der Waals surface area contributed by atoms with Crippen molar-refractivity contribution < 1.29 is 23.1 Å². The van der Waals surface area contributed by atoms with Crippen LogP contribution in [0.4, 0.5) is 18.0 Å². The third-order valence-electron chi connectivity index (χ3n) is 4.27. The SMILES string of the molecule is CCCCCCCCCCCC1=NN(C(N)=O)C(O)(C(F)(F)F)C1. The number of aliphatic hydroxyl groups is 1. The predicted octanol–water partition coefficient (Wildman–Crippen LogP) is 4.30. The third kappa shape index (κ3) is 5.65. The second kappa shape index (κ2) is 9.25. The van der Waals surface area contributed by atoms with E-state index in [-0.39, 0.29) is 10.7 Å². The van der Waals surface area contributed by atoms with E-state index in [0.29, 0.717) is 12.8 Å². The van der Waals surface area contributed by atoms with Crippen LogP contribution in [-0.4, -0.2) is 33.8 Å². The fourth-order valence-corrected chi connectivity index (χ4v) is 2.85. The van der Waals surface area contributed by atoms with Crippen LogP contribution in [0, 0.1) is 0 Å². The van der Waals surface area contributed by atoms with Crippen LogP contribution in [-0.2, 0) is 0 Å². The Morgan fingerprint density at radius 1 is 1.17 bits per heavy atom. The Morgan fingerprint density at radius 3 is 2.08 bits per heavy atom. The molecule has 0 spiro atoms. The minimum atomic E-state index is -4.99. The molecule has 2 amide bonds. The van der Waals surface area contributed by atoms with E-state index in [9.17, 15) is 23.1 Å². The number of primary amides is 1. The number of amides is 2. The van der Waals surface area contributed by atoms with E-state index in [1.807, 2.05) is 0 Å². The third-order valence-corrected chi connectivity index (χ3v) is 4.27. The number of hydrogen-bond acceptors (Lipinski definition) is 3. The van der Waals surface area contributed by atoms with Crippen LogP contribution in [0.3, 0.4) is 0 Å². The number of carbonyl (C=O) groups is 1. The fourth-order valence-electron chi connectivity index (χ4n) is 2.85. The zero-order chi connectivity index (χ0) is 18.2. The van der Waals surface area contributed by atoms with Crippen molar-refractivity contribution >= 4 is 11.7 Å². The molecule has 0 saturated heterocycles. The molecule has 0 aliphatic carbocycles. The molecule has 1 heterocycles. The summed E-state index contributed by atoms with van der Waals surface area (Å²) in [5.41, 5.74) is 1.75. The molecule has 5 nitrogen and oxygen atoms in total. The van der Waals surface area contributed by atoms with Gasteiger partial charge < -0.3 is 10.8 Å². The second-order valence-corrected chi connectivity index (χ2v) is 6.39. The fraction of sp³-hybridized carbons (Fsp3) is 0.875. The van der Waals surface area contributed by atoms with Gasteiger partial charge in [-0.3, -0.25) is 0 Å². The summed E-state index contributed by atoms with van der Waals surface area (Å²) in [5.74, 6) is 0. The number of hydrogen-bond donors (Lipinski definition) is 2. The standard InChI is InChI=1S/C16H28F3N3O2/c1-2-3-4-5-6-7-8-9-10-11-13-12-15(24,16(17,18)19)22(21-13)14(20)23/h24H,2-12H2,1H3,(H2,20,23). The number of nitrogens with two attached hydrogens (primary N) is 1. The van der Waals surface area contributed by atoms with Crippen molar-refractivity contribution in [2.75, 3.05) is 0 Å². The van der Waals surface area contributed by atoms with Crippen molar-refractivity contribution in [3.8, 4) is 0 Å². The Balaban J connectivity index is 2.31. The average Bonchev–Trinajstić information content (AvgIpc) is 2.84. The molecule has 8 heteroatoms. The van der Waals surface area contributed by atoms with Gasteiger partial charge in [-0.05, 0) is 12.8 Å². The molecular weight excluding hydrogens is 323 g/mol. The maximum Gasteiger partial charge on any atom is 0.438 e. The summed E-state index contributed by atoms with van der Waals surface area (Å²) in [4.78, 5) is 11.1. The minimum absolute atomic E-state index is 0.0456. The smallest absolute Gasteiger partial charge is 0.362 e. The molecule has 0 saturated carbocycles. The molecule has 1 atom stereocenters. The number of rotatable bonds is 10. The van der Waals surface area contributed by atoms with Crippen LogP contribution in [0.2, 0.25) is 0 Å². The zero-order valence-corrected chi connectivity index (χ0v) is 14.2. The number of urea groups is 1. The number of hydrazone groups is 1. The molecule has 0 fully saturated rings. The van der Waals surface area contributed by atoms with Gasteiger partial charge in [0.25, 0.3) is 5.72 Å². The lowest BCUT2D eigenvalue weighted by molar-refractivity contribution is -0.296. The monoisotopic (exact) mass is 351 g/mol. The van der Waals surface area contributed by atoms with Gasteiger partial charge in [-0.25, -0.2) is 4.79 Å². The van der Waals surface area contributed by atoms with Crippen molar-refractivity contribution in [1.29, 1.82) is 0 Å². The van der Waals surface area contributed by atoms with Crippen LogP contribution >= 0.6 is 0 Å². The average molecular weight is 351 g/mol. The van der Waals surface area contributed by atoms with Gasteiger partial charge in [0.2, 0.25) is 0 Å². The number of alkyl halides is 3. The first-order valence-corrected chi connectivity index (χ1v) is 8.67. The molecule has 1 unspecified atom stereocenters. The molecule has 0 aromatic carbocycles. The highest BCUT2D eigenvalue weighted by molar-refractivity contribution is 5.90. The second-order valence-electron chi connectivity index (χ2n) is 6.39. The lowest BCUT2D eigenvalue weighted by Crippen LogP contribution is -2.57. The first kappa shape index (κ1) is 20.7. The first-order valence-electron chi connectivity index (χ1n) is 8.67. The van der Waals surface area contributed by atoms with Gasteiger partial charge >= 0.3 is 12.2 Å². The maximum absolute atomic E-state index is 13.0. The van der Waals surface area contributed by atoms with Crippen molar-refractivity contribution in [2.45, 2.75) is 89.5 Å². The summed E-state index contributed by atoms with van der Waals surface area (Å²) in [6, 6.07) is -1.41. The quantitative estimate of drug-likeness (QED) is 0.576. The Labute approximate surface area is 141 Å². The van der Waals surface area contributed by atoms with Crippen LogP contribution in [0.15, 0.2) is 5.10 Å². The van der Waals surface area contributed by atoms with Crippen molar-refractivity contribution in [3.63, 3.8) is 0 Å². The summed E-state index contributed by atoms with van der Waals surface area (Å²) < 4.78 is 38.9. The molecular formula is C16H28F3N3O2. The molecule has 0 radical (unpaired) electrons. The van der Waals surface area contributed by atoms with E-state index in [4.69, 9.17) is 5.73 Å². The van der Waals surface area contributed by atoms with Gasteiger partial charge in [0.1, 0.15) is 0 Å². The Kier molecular flexibility index (Phi) is 7.99. The van der Waals surface area contributed by atoms with Gasteiger partial charge in [-0.15, -0.1) is 0 Å². The summed E-state index contributed by atoms with van der Waals surface area (Å²) in [7, 11) is 0. The number of nitrogens with zero attached hydrogens (tertiary/aromatic N) is 2. The molecule has 140 valence electrons. The Morgan fingerprint density at radius 2 is 1.67 bits per heavy atom. The van der Waals surface area contributed by atoms with Gasteiger partial charge in [0.15, 0.2) is 0 Å². The van der Waals surface area contributed by atoms with Crippen LogP contribution < -0.4 is 5.73 Å². The molecule has 0 aromatic rings. The normalized spacial score (nSPS) is 21.2. The van der Waals surface area contributed by atoms with E-state index in [0.717, 1.165) is 19.3 Å². The molecule has 0 aromatic heterocycles. The minimum Gasteiger partial charge on any atom is -0.362 e. The maximum atomic E-state index is 13.0. The molecule has 24 heavy (non-hydrogen) atoms. The molecule has 1 aliphatic heterocycles. The number of halogens is 3. The van der Waals surface area contributed by atoms with Gasteiger partial charge in [-0.1, -0.05) is 58.3 Å². The van der Waals surface area contributed by atoms with E-state index >= 15 is 0 Å². The van der Waals surface area contributed by atoms with Gasteiger partial charge in [0, 0.05) is 12.1 Å². The van der Waals surface area contributed by atoms with E-state index < -0.39 is 24.4 Å². The lowest BCUT2D eigenvalue weighted by atomic mass is 10.0. The van der Waals surface area contributed by atoms with Crippen LogP contribution in [0.5, 0.6) is 0 Å². The summed E-state index contributed by atoms with van der Waals surface area (Å²) in [6.45, 7) is 2.17. The molecule has 0 bridgehead atoms. The summed E-state index contributed by atoms with van der Waals surface area (Å²) >= 11 is 0. The van der Waals surface area contributed by atoms with Gasteiger partial charge in [0.05, 0.1) is 0 Å².